The highest BCUT2D eigenvalue weighted by Gasteiger charge is 2.38. The molecular weight excluding hydrogens is 256 g/mol. The fraction of sp³-hybridized carbons (Fsp3) is 0.474. The molecule has 0 N–H and O–H groups in total. The van der Waals surface area contributed by atoms with E-state index in [0.717, 1.165) is 29.9 Å². The Morgan fingerprint density at radius 3 is 2.71 bits per heavy atom. The van der Waals surface area contributed by atoms with Gasteiger partial charge in [0.2, 0.25) is 0 Å². The third-order valence-corrected chi connectivity index (χ3v) is 5.06. The molecule has 1 fully saturated rings. The first kappa shape index (κ1) is 10.9. The summed E-state index contributed by atoms with van der Waals surface area (Å²) in [5.74, 6) is 0.341. The number of anilines is 1. The Hall–Kier alpha value is -1.70. The monoisotopic (exact) mass is 282 g/mol. The summed E-state index contributed by atoms with van der Waals surface area (Å²) in [6, 6.07) is 7.47. The lowest BCUT2D eigenvalue weighted by molar-refractivity contribution is 0.261. The van der Waals surface area contributed by atoms with Gasteiger partial charge in [0.25, 0.3) is 0 Å². The van der Waals surface area contributed by atoms with Gasteiger partial charge in [-0.25, -0.2) is 0 Å². The Morgan fingerprint density at radius 1 is 1.19 bits per heavy atom. The molecule has 2 heteroatoms. The van der Waals surface area contributed by atoms with Crippen molar-refractivity contribution >= 4 is 5.69 Å². The lowest BCUT2D eigenvalue weighted by Crippen LogP contribution is -2.36. The standard InChI is InChI=1S/C19H24N2/c1-14-7-3-6-10-17(14)20-13-21-18(15(20)2)11-12-19(21)16-8-4-5-9-16/h3,6-7,10-12,16,19H,4-5,8-9,13H2,1-2H3/i13D,19D. The topological polar surface area (TPSA) is 6.48 Å². The Labute approximate surface area is 130 Å². The lowest BCUT2D eigenvalue weighted by Gasteiger charge is -2.31. The van der Waals surface area contributed by atoms with E-state index >= 15 is 0 Å². The first-order valence-corrected chi connectivity index (χ1v) is 8.00. The summed E-state index contributed by atoms with van der Waals surface area (Å²) >= 11 is 0. The number of benzene rings is 1. The molecule has 1 aliphatic carbocycles. The number of para-hydroxylation sites is 1. The van der Waals surface area contributed by atoms with Crippen molar-refractivity contribution in [3.63, 3.8) is 0 Å². The molecule has 1 aromatic carbocycles. The van der Waals surface area contributed by atoms with Gasteiger partial charge in [-0.15, -0.1) is 0 Å². The van der Waals surface area contributed by atoms with Crippen LogP contribution >= 0.6 is 0 Å². The number of fused-ring (bicyclic) bond motifs is 1. The summed E-state index contributed by atoms with van der Waals surface area (Å²) in [5, 5.41) is 0. The van der Waals surface area contributed by atoms with Crippen molar-refractivity contribution in [2.75, 3.05) is 11.5 Å². The SMILES string of the molecule is [2H]C1N(c2ccccc2C)C(C)=C2C=CC([2H])(C3CCCC3)N21. The summed E-state index contributed by atoms with van der Waals surface area (Å²) < 4.78 is 17.9. The minimum atomic E-state index is -0.753. The minimum absolute atomic E-state index is 0.341. The average molecular weight is 282 g/mol. The maximum atomic E-state index is 9.09. The Kier molecular flexibility index (Phi) is 2.57. The average Bonchev–Trinajstić information content (AvgIpc) is 3.22. The molecule has 0 bridgehead atoms. The van der Waals surface area contributed by atoms with Crippen molar-refractivity contribution in [2.24, 2.45) is 5.92 Å². The van der Waals surface area contributed by atoms with E-state index in [1.807, 2.05) is 23.1 Å². The summed E-state index contributed by atoms with van der Waals surface area (Å²) in [6.45, 7) is 3.61. The van der Waals surface area contributed by atoms with Gasteiger partial charge in [0.15, 0.2) is 0 Å². The largest absolute Gasteiger partial charge is 0.345 e. The van der Waals surface area contributed by atoms with E-state index < -0.39 is 12.7 Å². The maximum Gasteiger partial charge on any atom is 0.0955 e. The summed E-state index contributed by atoms with van der Waals surface area (Å²) in [6.07, 6.45) is 8.74. The van der Waals surface area contributed by atoms with Crippen molar-refractivity contribution in [3.8, 4) is 0 Å². The first-order chi connectivity index (χ1) is 11.0. The zero-order valence-corrected chi connectivity index (χ0v) is 12.8. The molecule has 2 heterocycles. The molecule has 4 rings (SSSR count). The molecule has 0 amide bonds. The van der Waals surface area contributed by atoms with Crippen LogP contribution in [0.1, 0.15) is 40.9 Å². The van der Waals surface area contributed by atoms with E-state index in [1.54, 1.807) is 0 Å². The quantitative estimate of drug-likeness (QED) is 0.791. The number of allylic oxidation sites excluding steroid dienone is 2. The van der Waals surface area contributed by atoms with Crippen LogP contribution in [0.2, 0.25) is 0 Å². The summed E-state index contributed by atoms with van der Waals surface area (Å²) in [5.41, 5.74) is 4.39. The second-order valence-corrected chi connectivity index (χ2v) is 6.35. The lowest BCUT2D eigenvalue weighted by atomic mass is 9.98. The van der Waals surface area contributed by atoms with Gasteiger partial charge < -0.3 is 9.80 Å². The first-order valence-electron chi connectivity index (χ1n) is 9.08. The van der Waals surface area contributed by atoms with Crippen LogP contribution in [0.4, 0.5) is 5.69 Å². The van der Waals surface area contributed by atoms with Crippen molar-refractivity contribution < 1.29 is 2.74 Å². The van der Waals surface area contributed by atoms with E-state index in [9.17, 15) is 0 Å². The molecule has 2 nitrogen and oxygen atoms in total. The molecule has 1 saturated carbocycles. The van der Waals surface area contributed by atoms with Crippen molar-refractivity contribution in [3.05, 3.63) is 53.4 Å². The van der Waals surface area contributed by atoms with Crippen LogP contribution in [0, 0.1) is 12.8 Å². The van der Waals surface area contributed by atoms with E-state index in [1.165, 1.54) is 18.4 Å². The smallest absolute Gasteiger partial charge is 0.0955 e. The predicted molar refractivity (Wildman–Crippen MR) is 88.0 cm³/mol. The van der Waals surface area contributed by atoms with Crippen LogP contribution in [-0.4, -0.2) is 17.6 Å². The number of rotatable bonds is 2. The number of aryl methyl sites for hydroxylation is 1. The van der Waals surface area contributed by atoms with Gasteiger partial charge in [0, 0.05) is 11.4 Å². The van der Waals surface area contributed by atoms with Crippen LogP contribution < -0.4 is 4.90 Å². The molecule has 1 aromatic rings. The molecule has 2 atom stereocenters. The van der Waals surface area contributed by atoms with Gasteiger partial charge in [-0.05, 0) is 50.3 Å². The maximum absolute atomic E-state index is 9.09. The molecule has 0 aromatic heterocycles. The van der Waals surface area contributed by atoms with Gasteiger partial charge in [0.05, 0.1) is 21.1 Å². The number of hydrogen-bond acceptors (Lipinski definition) is 2. The van der Waals surface area contributed by atoms with Crippen LogP contribution in [-0.2, 0) is 0 Å². The summed E-state index contributed by atoms with van der Waals surface area (Å²) in [4.78, 5) is 4.09. The van der Waals surface area contributed by atoms with E-state index in [-0.39, 0.29) is 0 Å². The molecule has 0 radical (unpaired) electrons. The molecule has 3 aliphatic rings. The Bertz CT molecular complexity index is 690. The highest BCUT2D eigenvalue weighted by atomic mass is 15.4. The van der Waals surface area contributed by atoms with Crippen LogP contribution in [0.15, 0.2) is 47.8 Å². The minimum Gasteiger partial charge on any atom is -0.345 e. The van der Waals surface area contributed by atoms with E-state index in [2.05, 4.69) is 37.0 Å². The Balaban J connectivity index is 1.75. The van der Waals surface area contributed by atoms with Gasteiger partial charge in [-0.2, -0.15) is 0 Å². The molecule has 2 unspecified atom stereocenters. The third-order valence-electron chi connectivity index (χ3n) is 5.06. The number of hydrogen-bond donors (Lipinski definition) is 0. The van der Waals surface area contributed by atoms with Gasteiger partial charge >= 0.3 is 0 Å². The second kappa shape index (κ2) is 4.94. The fourth-order valence-corrected chi connectivity index (χ4v) is 3.84. The zero-order valence-electron chi connectivity index (χ0n) is 14.8. The molecule has 0 saturated heterocycles. The molecule has 0 spiro atoms. The second-order valence-electron chi connectivity index (χ2n) is 6.35. The van der Waals surface area contributed by atoms with Gasteiger partial charge in [-0.1, -0.05) is 37.1 Å². The normalized spacial score (nSPS) is 33.7. The van der Waals surface area contributed by atoms with Crippen LogP contribution in [0.25, 0.3) is 0 Å². The van der Waals surface area contributed by atoms with Gasteiger partial charge in [0.1, 0.15) is 0 Å². The molecule has 21 heavy (non-hydrogen) atoms. The zero-order chi connectivity index (χ0) is 16.2. The highest BCUT2D eigenvalue weighted by Crippen LogP contribution is 2.41. The summed E-state index contributed by atoms with van der Waals surface area (Å²) in [7, 11) is 0. The third kappa shape index (κ3) is 2.00. The van der Waals surface area contributed by atoms with Crippen molar-refractivity contribution in [2.45, 2.75) is 45.5 Å². The number of nitrogens with zero attached hydrogens (tertiary/aromatic N) is 2. The van der Waals surface area contributed by atoms with E-state index in [0.29, 0.717) is 5.92 Å². The van der Waals surface area contributed by atoms with Crippen molar-refractivity contribution in [1.82, 2.24) is 4.90 Å². The van der Waals surface area contributed by atoms with E-state index in [4.69, 9.17) is 2.74 Å². The fourth-order valence-electron chi connectivity index (χ4n) is 3.84. The highest BCUT2D eigenvalue weighted by molar-refractivity contribution is 5.61. The Morgan fingerprint density at radius 2 is 1.95 bits per heavy atom. The van der Waals surface area contributed by atoms with Crippen LogP contribution in [0.3, 0.4) is 0 Å². The molecule has 110 valence electrons. The predicted octanol–water partition coefficient (Wildman–Crippen LogP) is 4.43. The van der Waals surface area contributed by atoms with Crippen molar-refractivity contribution in [1.29, 1.82) is 0 Å². The molecule has 2 aliphatic heterocycles. The van der Waals surface area contributed by atoms with Gasteiger partial charge in [-0.3, -0.25) is 0 Å². The van der Waals surface area contributed by atoms with Crippen LogP contribution in [0.5, 0.6) is 0 Å². The molecular formula is C19H24N2.